The molecule has 0 aliphatic carbocycles. The van der Waals surface area contributed by atoms with Gasteiger partial charge in [-0.1, -0.05) is 12.1 Å². The first-order valence-corrected chi connectivity index (χ1v) is 6.90. The van der Waals surface area contributed by atoms with Crippen LogP contribution in [0.15, 0.2) is 55.0 Å². The van der Waals surface area contributed by atoms with E-state index in [0.29, 0.717) is 0 Å². The van der Waals surface area contributed by atoms with Gasteiger partial charge in [0.1, 0.15) is 0 Å². The number of aliphatic hydroxyl groups excluding tert-OH is 1. The van der Waals surface area contributed by atoms with E-state index in [1.807, 2.05) is 49.8 Å². The monoisotopic (exact) mass is 279 g/mol. The minimum absolute atomic E-state index is 0.0198. The number of aromatic nitrogens is 3. The predicted octanol–water partition coefficient (Wildman–Crippen LogP) is 2.66. The number of aryl methyl sites for hydroxylation is 1. The molecule has 3 aromatic rings. The molecular weight excluding hydrogens is 262 g/mol. The Hall–Kier alpha value is -2.46. The molecule has 2 aromatic heterocycles. The fourth-order valence-electron chi connectivity index (χ4n) is 2.29. The molecular formula is C17H17N3O. The van der Waals surface area contributed by atoms with Crippen LogP contribution in [0.5, 0.6) is 0 Å². The summed E-state index contributed by atoms with van der Waals surface area (Å²) in [7, 11) is 0. The smallest absolute Gasteiger partial charge is 0.0715 e. The predicted molar refractivity (Wildman–Crippen MR) is 81.3 cm³/mol. The summed E-state index contributed by atoms with van der Waals surface area (Å²) in [5.74, 6) is 0. The SMILES string of the molecule is Cc1nn(-c2ccc(Cc3ccncc3)cc2)cc1CO. The highest BCUT2D eigenvalue weighted by Crippen LogP contribution is 2.15. The van der Waals surface area contributed by atoms with Gasteiger partial charge in [-0.15, -0.1) is 0 Å². The van der Waals surface area contributed by atoms with Crippen LogP contribution in [0.2, 0.25) is 0 Å². The van der Waals surface area contributed by atoms with Gasteiger partial charge in [-0.3, -0.25) is 4.98 Å². The first kappa shape index (κ1) is 13.5. The van der Waals surface area contributed by atoms with E-state index >= 15 is 0 Å². The third kappa shape index (κ3) is 3.01. The van der Waals surface area contributed by atoms with Crippen molar-refractivity contribution in [3.63, 3.8) is 0 Å². The van der Waals surface area contributed by atoms with Crippen molar-refractivity contribution < 1.29 is 5.11 Å². The highest BCUT2D eigenvalue weighted by molar-refractivity contribution is 5.37. The van der Waals surface area contributed by atoms with E-state index in [-0.39, 0.29) is 6.61 Å². The molecule has 0 amide bonds. The largest absolute Gasteiger partial charge is 0.392 e. The van der Waals surface area contributed by atoms with Gasteiger partial charge in [-0.2, -0.15) is 5.10 Å². The lowest BCUT2D eigenvalue weighted by atomic mass is 10.1. The summed E-state index contributed by atoms with van der Waals surface area (Å²) >= 11 is 0. The molecule has 0 saturated heterocycles. The lowest BCUT2D eigenvalue weighted by molar-refractivity contribution is 0.281. The molecule has 2 heterocycles. The molecule has 0 bridgehead atoms. The van der Waals surface area contributed by atoms with Crippen LogP contribution in [0.3, 0.4) is 0 Å². The lowest BCUT2D eigenvalue weighted by Gasteiger charge is -2.04. The van der Waals surface area contributed by atoms with Gasteiger partial charge in [0.25, 0.3) is 0 Å². The normalized spacial score (nSPS) is 10.8. The highest BCUT2D eigenvalue weighted by atomic mass is 16.3. The third-order valence-corrected chi connectivity index (χ3v) is 3.53. The van der Waals surface area contributed by atoms with E-state index in [2.05, 4.69) is 22.2 Å². The van der Waals surface area contributed by atoms with E-state index in [9.17, 15) is 5.11 Å². The number of hydrogen-bond donors (Lipinski definition) is 1. The Balaban J connectivity index is 1.80. The van der Waals surface area contributed by atoms with Crippen LogP contribution in [0.25, 0.3) is 5.69 Å². The molecule has 0 aliphatic heterocycles. The molecule has 1 aromatic carbocycles. The van der Waals surface area contributed by atoms with Crippen molar-refractivity contribution in [3.05, 3.63) is 77.4 Å². The van der Waals surface area contributed by atoms with Crippen LogP contribution in [0.1, 0.15) is 22.4 Å². The van der Waals surface area contributed by atoms with Gasteiger partial charge in [-0.25, -0.2) is 4.68 Å². The molecule has 0 radical (unpaired) electrons. The molecule has 0 saturated carbocycles. The molecule has 3 rings (SSSR count). The van der Waals surface area contributed by atoms with Crippen LogP contribution in [-0.2, 0) is 13.0 Å². The summed E-state index contributed by atoms with van der Waals surface area (Å²) in [6.07, 6.45) is 6.38. The van der Waals surface area contributed by atoms with Crippen molar-refractivity contribution in [2.24, 2.45) is 0 Å². The minimum Gasteiger partial charge on any atom is -0.392 e. The van der Waals surface area contributed by atoms with E-state index in [1.165, 1.54) is 11.1 Å². The van der Waals surface area contributed by atoms with Gasteiger partial charge in [0.2, 0.25) is 0 Å². The summed E-state index contributed by atoms with van der Waals surface area (Å²) in [6, 6.07) is 12.3. The second kappa shape index (κ2) is 5.89. The van der Waals surface area contributed by atoms with E-state index in [4.69, 9.17) is 0 Å². The van der Waals surface area contributed by atoms with Crippen LogP contribution in [0, 0.1) is 6.92 Å². The Labute approximate surface area is 123 Å². The first-order valence-electron chi connectivity index (χ1n) is 6.90. The Morgan fingerprint density at radius 3 is 2.29 bits per heavy atom. The summed E-state index contributed by atoms with van der Waals surface area (Å²) in [5.41, 5.74) is 5.21. The van der Waals surface area contributed by atoms with Crippen molar-refractivity contribution in [3.8, 4) is 5.69 Å². The van der Waals surface area contributed by atoms with Crippen LogP contribution < -0.4 is 0 Å². The number of hydrogen-bond acceptors (Lipinski definition) is 3. The summed E-state index contributed by atoms with van der Waals surface area (Å²) in [5, 5.41) is 13.6. The van der Waals surface area contributed by atoms with Gasteiger partial charge in [0, 0.05) is 24.2 Å². The number of nitrogens with zero attached hydrogens (tertiary/aromatic N) is 3. The zero-order chi connectivity index (χ0) is 14.7. The van der Waals surface area contributed by atoms with Gasteiger partial charge in [0.15, 0.2) is 0 Å². The van der Waals surface area contributed by atoms with Crippen molar-refractivity contribution in [1.29, 1.82) is 0 Å². The van der Waals surface area contributed by atoms with E-state index in [0.717, 1.165) is 23.4 Å². The van der Waals surface area contributed by atoms with Gasteiger partial charge < -0.3 is 5.11 Å². The molecule has 0 unspecified atom stereocenters. The Morgan fingerprint density at radius 1 is 1.00 bits per heavy atom. The number of pyridine rings is 1. The quantitative estimate of drug-likeness (QED) is 0.798. The summed E-state index contributed by atoms with van der Waals surface area (Å²) in [4.78, 5) is 4.03. The molecule has 0 spiro atoms. The summed E-state index contributed by atoms with van der Waals surface area (Å²) in [6.45, 7) is 1.92. The van der Waals surface area contributed by atoms with Gasteiger partial charge in [0.05, 0.1) is 18.0 Å². The topological polar surface area (TPSA) is 50.9 Å². The number of benzene rings is 1. The average Bonchev–Trinajstić information content (AvgIpc) is 2.90. The van der Waals surface area contributed by atoms with Crippen LogP contribution in [-0.4, -0.2) is 19.9 Å². The average molecular weight is 279 g/mol. The maximum Gasteiger partial charge on any atom is 0.0715 e. The highest BCUT2D eigenvalue weighted by Gasteiger charge is 2.05. The second-order valence-electron chi connectivity index (χ2n) is 5.04. The number of rotatable bonds is 4. The molecule has 106 valence electrons. The zero-order valence-corrected chi connectivity index (χ0v) is 11.9. The molecule has 4 nitrogen and oxygen atoms in total. The molecule has 0 atom stereocenters. The van der Waals surface area contributed by atoms with Crippen molar-refractivity contribution in [2.45, 2.75) is 20.0 Å². The molecule has 21 heavy (non-hydrogen) atoms. The maximum atomic E-state index is 9.23. The molecule has 0 aliphatic rings. The van der Waals surface area contributed by atoms with Crippen molar-refractivity contribution >= 4 is 0 Å². The van der Waals surface area contributed by atoms with Crippen molar-refractivity contribution in [2.75, 3.05) is 0 Å². The second-order valence-corrected chi connectivity index (χ2v) is 5.04. The van der Waals surface area contributed by atoms with Gasteiger partial charge in [-0.05, 0) is 48.7 Å². The van der Waals surface area contributed by atoms with E-state index < -0.39 is 0 Å². The molecule has 4 heteroatoms. The van der Waals surface area contributed by atoms with Crippen LogP contribution >= 0.6 is 0 Å². The summed E-state index contributed by atoms with van der Waals surface area (Å²) < 4.78 is 1.80. The van der Waals surface area contributed by atoms with Gasteiger partial charge >= 0.3 is 0 Å². The first-order chi connectivity index (χ1) is 10.3. The molecule has 1 N–H and O–H groups in total. The van der Waals surface area contributed by atoms with E-state index in [1.54, 1.807) is 4.68 Å². The number of aliphatic hydroxyl groups is 1. The lowest BCUT2D eigenvalue weighted by Crippen LogP contribution is -1.96. The van der Waals surface area contributed by atoms with Crippen LogP contribution in [0.4, 0.5) is 0 Å². The van der Waals surface area contributed by atoms with Crippen molar-refractivity contribution in [1.82, 2.24) is 14.8 Å². The minimum atomic E-state index is 0.0198. The fraction of sp³-hybridized carbons (Fsp3) is 0.176. The Bertz CT molecular complexity index is 718. The maximum absolute atomic E-state index is 9.23. The standard InChI is InChI=1S/C17H17N3O/c1-13-16(12-21)11-20(19-13)17-4-2-14(3-5-17)10-15-6-8-18-9-7-15/h2-9,11,21H,10,12H2,1H3. The Morgan fingerprint density at radius 2 is 1.67 bits per heavy atom. The third-order valence-electron chi connectivity index (χ3n) is 3.53. The molecule has 0 fully saturated rings. The zero-order valence-electron chi connectivity index (χ0n) is 11.9. The Kier molecular flexibility index (Phi) is 3.79. The fourth-order valence-corrected chi connectivity index (χ4v) is 2.29.